The number of amides is 3. The molecule has 0 spiro atoms. The van der Waals surface area contributed by atoms with Gasteiger partial charge >= 0.3 is 5.97 Å². The van der Waals surface area contributed by atoms with Gasteiger partial charge in [-0.15, -0.1) is 0 Å². The topological polar surface area (TPSA) is 165 Å². The van der Waals surface area contributed by atoms with Crippen molar-refractivity contribution < 1.29 is 38.2 Å². The van der Waals surface area contributed by atoms with Crippen molar-refractivity contribution in [3.63, 3.8) is 0 Å². The predicted octanol–water partition coefficient (Wildman–Crippen LogP) is 2.07. The van der Waals surface area contributed by atoms with Crippen molar-refractivity contribution in [2.75, 3.05) is 27.1 Å². The number of Topliss-reactive ketones (excluding diaryl/α,β-unsaturated/α-hetero) is 1. The highest BCUT2D eigenvalue weighted by atomic mass is 16.7. The molecule has 1 aromatic carbocycles. The van der Waals surface area contributed by atoms with Crippen molar-refractivity contribution >= 4 is 40.4 Å². The summed E-state index contributed by atoms with van der Waals surface area (Å²) in [7, 11) is 1.54. The van der Waals surface area contributed by atoms with E-state index in [0.29, 0.717) is 30.7 Å². The molecule has 0 bridgehead atoms. The Balaban J connectivity index is 1.72. The Bertz CT molecular complexity index is 1250. The molecule has 3 atom stereocenters. The number of aromatic amines is 1. The average Bonchev–Trinajstić information content (AvgIpc) is 3.55. The lowest BCUT2D eigenvalue weighted by Gasteiger charge is -2.25. The lowest BCUT2D eigenvalue weighted by atomic mass is 9.95. The van der Waals surface area contributed by atoms with Gasteiger partial charge in [-0.25, -0.2) is 0 Å². The molecule has 1 saturated heterocycles. The summed E-state index contributed by atoms with van der Waals surface area (Å²) in [5.74, 6) is -2.33. The minimum absolute atomic E-state index is 0.0441. The summed E-state index contributed by atoms with van der Waals surface area (Å²) < 4.78 is 15.5. The van der Waals surface area contributed by atoms with Crippen LogP contribution in [-0.4, -0.2) is 73.6 Å². The van der Waals surface area contributed by atoms with Crippen molar-refractivity contribution in [3.8, 4) is 5.75 Å². The Labute approximate surface area is 239 Å². The van der Waals surface area contributed by atoms with E-state index in [9.17, 15) is 24.0 Å². The summed E-state index contributed by atoms with van der Waals surface area (Å²) in [5.41, 5.74) is 0.963. The number of carbonyl (C=O) groups excluding carboxylic acids is 5. The third kappa shape index (κ3) is 8.78. The first-order valence-corrected chi connectivity index (χ1v) is 13.8. The molecule has 0 saturated carbocycles. The van der Waals surface area contributed by atoms with Gasteiger partial charge in [-0.1, -0.05) is 33.8 Å². The number of rotatable bonds is 15. The molecule has 3 amide bonds. The Hall–Kier alpha value is -3.93. The van der Waals surface area contributed by atoms with Gasteiger partial charge in [0.05, 0.1) is 19.1 Å². The molecule has 12 heteroatoms. The van der Waals surface area contributed by atoms with E-state index >= 15 is 0 Å². The van der Waals surface area contributed by atoms with E-state index in [1.54, 1.807) is 39.2 Å². The number of hydrogen-bond acceptors (Lipinski definition) is 8. The van der Waals surface area contributed by atoms with E-state index in [4.69, 9.17) is 14.2 Å². The maximum Gasteiger partial charge on any atom is 0.310 e. The summed E-state index contributed by atoms with van der Waals surface area (Å²) in [6.07, 6.45) is 0.921. The van der Waals surface area contributed by atoms with Crippen LogP contribution in [-0.2, 0) is 28.7 Å². The average molecular weight is 573 g/mol. The second kappa shape index (κ2) is 14.6. The van der Waals surface area contributed by atoms with E-state index < -0.39 is 55.0 Å². The monoisotopic (exact) mass is 572 g/mol. The number of benzene rings is 1. The molecule has 0 unspecified atom stereocenters. The Morgan fingerprint density at radius 3 is 2.46 bits per heavy atom. The molecule has 2 heterocycles. The van der Waals surface area contributed by atoms with Crippen LogP contribution in [0.4, 0.5) is 0 Å². The van der Waals surface area contributed by atoms with Crippen LogP contribution in [0.5, 0.6) is 5.75 Å². The number of hydrogen-bond donors (Lipinski definition) is 4. The number of ketones is 1. The molecule has 41 heavy (non-hydrogen) atoms. The molecule has 1 aliphatic rings. The van der Waals surface area contributed by atoms with E-state index in [1.807, 2.05) is 19.9 Å². The normalized spacial score (nSPS) is 16.4. The quantitative estimate of drug-likeness (QED) is 0.143. The number of aromatic nitrogens is 1. The molecule has 12 nitrogen and oxygen atoms in total. The SMILES string of the molecule is COc1cccc2[nH]c(C(=O)N[C@@H](CC(C)C)C(=O)N[C@@H](C[C@@H]3CCNC3=O)C(=O)COCOC(=O)C(C)C)cc12. The zero-order chi connectivity index (χ0) is 30.1. The zero-order valence-electron chi connectivity index (χ0n) is 24.2. The van der Waals surface area contributed by atoms with Crippen LogP contribution < -0.4 is 20.7 Å². The first-order valence-electron chi connectivity index (χ1n) is 13.8. The third-order valence-corrected chi connectivity index (χ3v) is 6.81. The third-order valence-electron chi connectivity index (χ3n) is 6.81. The van der Waals surface area contributed by atoms with Gasteiger partial charge in [-0.3, -0.25) is 24.0 Å². The van der Waals surface area contributed by atoms with Crippen LogP contribution >= 0.6 is 0 Å². The smallest absolute Gasteiger partial charge is 0.310 e. The minimum atomic E-state index is -1.04. The van der Waals surface area contributed by atoms with Gasteiger partial charge in [0.2, 0.25) is 11.8 Å². The number of methoxy groups -OCH3 is 1. The Kier molecular flexibility index (Phi) is 11.3. The van der Waals surface area contributed by atoms with Crippen LogP contribution in [0.3, 0.4) is 0 Å². The largest absolute Gasteiger partial charge is 0.496 e. The second-order valence-electron chi connectivity index (χ2n) is 10.9. The molecular weight excluding hydrogens is 532 g/mol. The fourth-order valence-electron chi connectivity index (χ4n) is 4.57. The van der Waals surface area contributed by atoms with Crippen LogP contribution in [0, 0.1) is 17.8 Å². The van der Waals surface area contributed by atoms with Gasteiger partial charge < -0.3 is 35.1 Å². The summed E-state index contributed by atoms with van der Waals surface area (Å²) >= 11 is 0. The lowest BCUT2D eigenvalue weighted by Crippen LogP contribution is -2.53. The highest BCUT2D eigenvalue weighted by Crippen LogP contribution is 2.26. The highest BCUT2D eigenvalue weighted by molar-refractivity contribution is 6.02. The number of esters is 1. The van der Waals surface area contributed by atoms with Crippen molar-refractivity contribution in [3.05, 3.63) is 30.0 Å². The van der Waals surface area contributed by atoms with Crippen LogP contribution in [0.15, 0.2) is 24.3 Å². The second-order valence-corrected chi connectivity index (χ2v) is 10.9. The van der Waals surface area contributed by atoms with Crippen molar-refractivity contribution in [1.29, 1.82) is 0 Å². The minimum Gasteiger partial charge on any atom is -0.496 e. The van der Waals surface area contributed by atoms with Crippen molar-refractivity contribution in [2.24, 2.45) is 17.8 Å². The fraction of sp³-hybridized carbons (Fsp3) is 0.552. The van der Waals surface area contributed by atoms with Crippen molar-refractivity contribution in [1.82, 2.24) is 20.9 Å². The highest BCUT2D eigenvalue weighted by Gasteiger charge is 2.33. The summed E-state index contributed by atoms with van der Waals surface area (Å²) in [6.45, 7) is 6.83. The van der Waals surface area contributed by atoms with Gasteiger partial charge in [0.25, 0.3) is 5.91 Å². The van der Waals surface area contributed by atoms with E-state index in [-0.39, 0.29) is 29.9 Å². The fourth-order valence-corrected chi connectivity index (χ4v) is 4.57. The van der Waals surface area contributed by atoms with Crippen LogP contribution in [0.25, 0.3) is 10.9 Å². The van der Waals surface area contributed by atoms with Gasteiger partial charge in [-0.05, 0) is 43.4 Å². The number of fused-ring (bicyclic) bond motifs is 1. The first-order chi connectivity index (χ1) is 19.5. The molecule has 0 radical (unpaired) electrons. The predicted molar refractivity (Wildman–Crippen MR) is 150 cm³/mol. The van der Waals surface area contributed by atoms with Crippen LogP contribution in [0.2, 0.25) is 0 Å². The van der Waals surface area contributed by atoms with E-state index in [2.05, 4.69) is 20.9 Å². The molecule has 224 valence electrons. The molecule has 1 aliphatic heterocycles. The van der Waals surface area contributed by atoms with Gasteiger partial charge in [0.1, 0.15) is 24.1 Å². The van der Waals surface area contributed by atoms with Crippen molar-refractivity contribution in [2.45, 2.75) is 59.0 Å². The first kappa shape index (κ1) is 31.6. The summed E-state index contributed by atoms with van der Waals surface area (Å²) in [5, 5.41) is 8.98. The molecule has 3 rings (SSSR count). The molecule has 1 fully saturated rings. The summed E-state index contributed by atoms with van der Waals surface area (Å²) in [6, 6.07) is 5.06. The van der Waals surface area contributed by atoms with E-state index in [0.717, 1.165) is 5.39 Å². The van der Waals surface area contributed by atoms with E-state index in [1.165, 1.54) is 0 Å². The molecule has 0 aliphatic carbocycles. The lowest BCUT2D eigenvalue weighted by molar-refractivity contribution is -0.162. The number of carbonyl (C=O) groups is 5. The maximum atomic E-state index is 13.5. The maximum absolute atomic E-state index is 13.5. The molecule has 2 aromatic rings. The van der Waals surface area contributed by atoms with Gasteiger partial charge in [-0.2, -0.15) is 0 Å². The molecule has 4 N–H and O–H groups in total. The van der Waals surface area contributed by atoms with Gasteiger partial charge in [0, 0.05) is 23.4 Å². The Morgan fingerprint density at radius 2 is 1.83 bits per heavy atom. The zero-order valence-corrected chi connectivity index (χ0v) is 24.2. The van der Waals surface area contributed by atoms with Crippen LogP contribution in [0.1, 0.15) is 57.4 Å². The molecular formula is C29H40N4O8. The number of nitrogens with one attached hydrogen (secondary N) is 4. The number of ether oxygens (including phenoxy) is 3. The number of H-pyrrole nitrogens is 1. The molecule has 1 aromatic heterocycles. The standard InChI is InChI=1S/C29H40N4O8/c1-16(2)11-22(33-28(37)23-13-19-20(31-23)7-6-8-25(19)39-5)27(36)32-21(12-18-9-10-30-26(18)35)24(34)14-40-15-41-29(38)17(3)4/h6-8,13,16-18,21-22,31H,9-12,14-15H2,1-5H3,(H,30,35)(H,32,36)(H,33,37)/t18-,21-,22-/m0/s1. The van der Waals surface area contributed by atoms with Gasteiger partial charge in [0.15, 0.2) is 12.6 Å². The summed E-state index contributed by atoms with van der Waals surface area (Å²) in [4.78, 5) is 66.6. The Morgan fingerprint density at radius 1 is 1.07 bits per heavy atom.